The third kappa shape index (κ3) is 5.17. The van der Waals surface area contributed by atoms with Gasteiger partial charge in [-0.15, -0.1) is 0 Å². The molecule has 3 aromatic rings. The first-order valence-electron chi connectivity index (χ1n) is 10.7. The largest absolute Gasteiger partial charge is 0.497 e. The Bertz CT molecular complexity index is 1150. The van der Waals surface area contributed by atoms with E-state index in [0.717, 1.165) is 11.1 Å². The van der Waals surface area contributed by atoms with Crippen molar-refractivity contribution >= 4 is 23.4 Å². The zero-order chi connectivity index (χ0) is 23.4. The van der Waals surface area contributed by atoms with Crippen molar-refractivity contribution in [1.82, 2.24) is 10.2 Å². The molecule has 33 heavy (non-hydrogen) atoms. The monoisotopic (exact) mass is 466 g/mol. The highest BCUT2D eigenvalue weighted by atomic mass is 35.5. The van der Waals surface area contributed by atoms with Gasteiger partial charge in [0.15, 0.2) is 0 Å². The number of carbonyl (C=O) groups is 2. The summed E-state index contributed by atoms with van der Waals surface area (Å²) in [5, 5.41) is 3.32. The Labute approximate surface area is 197 Å². The van der Waals surface area contributed by atoms with Gasteiger partial charge in [0, 0.05) is 25.6 Å². The summed E-state index contributed by atoms with van der Waals surface area (Å²) in [5.41, 5.74) is 2.13. The van der Waals surface area contributed by atoms with Crippen LogP contribution in [-0.2, 0) is 11.3 Å². The molecule has 2 unspecified atom stereocenters. The van der Waals surface area contributed by atoms with Gasteiger partial charge in [-0.2, -0.15) is 0 Å². The highest BCUT2D eigenvalue weighted by molar-refractivity contribution is 6.33. The summed E-state index contributed by atoms with van der Waals surface area (Å²) in [5.74, 6) is -0.672. The van der Waals surface area contributed by atoms with E-state index in [4.69, 9.17) is 16.3 Å². The number of carbonyl (C=O) groups excluding carboxylic acids is 2. The minimum absolute atomic E-state index is 0.165. The van der Waals surface area contributed by atoms with E-state index in [1.165, 1.54) is 12.1 Å². The number of rotatable bonds is 6. The first-order valence-corrected chi connectivity index (χ1v) is 11.0. The smallest absolute Gasteiger partial charge is 0.255 e. The Balaban J connectivity index is 1.57. The van der Waals surface area contributed by atoms with Crippen LogP contribution in [-0.4, -0.2) is 36.9 Å². The average molecular weight is 467 g/mol. The fourth-order valence-corrected chi connectivity index (χ4v) is 4.39. The highest BCUT2D eigenvalue weighted by Crippen LogP contribution is 2.35. The third-order valence-corrected chi connectivity index (χ3v) is 6.28. The molecule has 0 aliphatic carbocycles. The molecule has 0 saturated carbocycles. The second-order valence-corrected chi connectivity index (χ2v) is 8.43. The predicted molar refractivity (Wildman–Crippen MR) is 125 cm³/mol. The zero-order valence-electron chi connectivity index (χ0n) is 18.1. The molecule has 0 aromatic heterocycles. The van der Waals surface area contributed by atoms with E-state index < -0.39 is 5.92 Å². The second kappa shape index (κ2) is 10.0. The lowest BCUT2D eigenvalue weighted by molar-refractivity contribution is -0.125. The van der Waals surface area contributed by atoms with Gasteiger partial charge in [0.2, 0.25) is 5.91 Å². The molecule has 170 valence electrons. The minimum Gasteiger partial charge on any atom is -0.497 e. The number of hydrogen-bond acceptors (Lipinski definition) is 3. The summed E-state index contributed by atoms with van der Waals surface area (Å²) in [6.07, 6.45) is 0. The summed E-state index contributed by atoms with van der Waals surface area (Å²) >= 11 is 6.25. The molecule has 0 bridgehead atoms. The Morgan fingerprint density at radius 3 is 2.55 bits per heavy atom. The number of benzene rings is 3. The second-order valence-electron chi connectivity index (χ2n) is 8.02. The van der Waals surface area contributed by atoms with E-state index in [1.54, 1.807) is 48.4 Å². The maximum Gasteiger partial charge on any atom is 0.255 e. The van der Waals surface area contributed by atoms with Crippen LogP contribution < -0.4 is 10.1 Å². The molecular weight excluding hydrogens is 443 g/mol. The number of likely N-dealkylation sites (tertiary alicyclic amines) is 1. The fraction of sp³-hybridized carbons (Fsp3) is 0.231. The van der Waals surface area contributed by atoms with E-state index >= 15 is 0 Å². The number of halogens is 2. The normalized spacial score (nSPS) is 17.6. The predicted octanol–water partition coefficient (Wildman–Crippen LogP) is 4.66. The van der Waals surface area contributed by atoms with E-state index in [2.05, 4.69) is 5.32 Å². The van der Waals surface area contributed by atoms with Gasteiger partial charge < -0.3 is 15.0 Å². The molecule has 2 atom stereocenters. The molecule has 0 spiro atoms. The van der Waals surface area contributed by atoms with Gasteiger partial charge in [-0.05, 0) is 47.5 Å². The lowest BCUT2D eigenvalue weighted by Crippen LogP contribution is -2.35. The number of hydrogen-bond donors (Lipinski definition) is 1. The molecule has 1 N–H and O–H groups in total. The van der Waals surface area contributed by atoms with E-state index in [1.807, 2.05) is 24.3 Å². The Hall–Kier alpha value is -3.38. The number of nitrogens with zero attached hydrogens (tertiary/aromatic N) is 1. The van der Waals surface area contributed by atoms with Crippen molar-refractivity contribution in [3.63, 3.8) is 0 Å². The van der Waals surface area contributed by atoms with Crippen LogP contribution in [0.5, 0.6) is 5.75 Å². The summed E-state index contributed by atoms with van der Waals surface area (Å²) < 4.78 is 18.5. The maximum atomic E-state index is 13.2. The van der Waals surface area contributed by atoms with E-state index in [9.17, 15) is 14.0 Å². The topological polar surface area (TPSA) is 58.6 Å². The average Bonchev–Trinajstić information content (AvgIpc) is 3.29. The van der Waals surface area contributed by atoms with Gasteiger partial charge in [0.05, 0.1) is 23.6 Å². The van der Waals surface area contributed by atoms with Crippen molar-refractivity contribution in [2.75, 3.05) is 20.2 Å². The molecule has 1 saturated heterocycles. The summed E-state index contributed by atoms with van der Waals surface area (Å²) in [6.45, 7) is 0.923. The van der Waals surface area contributed by atoms with Crippen LogP contribution in [0.2, 0.25) is 5.02 Å². The number of ether oxygens (including phenoxy) is 1. The van der Waals surface area contributed by atoms with Crippen LogP contribution in [0, 0.1) is 11.7 Å². The van der Waals surface area contributed by atoms with Crippen LogP contribution in [0.1, 0.15) is 27.4 Å². The lowest BCUT2D eigenvalue weighted by atomic mass is 9.88. The van der Waals surface area contributed by atoms with Crippen molar-refractivity contribution in [2.45, 2.75) is 12.5 Å². The van der Waals surface area contributed by atoms with Gasteiger partial charge in [-0.3, -0.25) is 9.59 Å². The number of nitrogens with one attached hydrogen (secondary N) is 1. The summed E-state index contributed by atoms with van der Waals surface area (Å²) in [6, 6.07) is 20.5. The van der Waals surface area contributed by atoms with Crippen LogP contribution in [0.3, 0.4) is 0 Å². The Morgan fingerprint density at radius 2 is 1.82 bits per heavy atom. The molecule has 1 heterocycles. The standard InChI is InChI=1S/C26H24ClFN2O3/c1-33-20-6-4-5-18(13-20)22-15-30(26(32)21-7-2-3-8-24(21)27)16-23(22)25(31)29-14-17-9-11-19(28)12-10-17/h2-13,22-23H,14-16H2,1H3,(H,29,31). The molecule has 1 aliphatic rings. The van der Waals surface area contributed by atoms with E-state index in [0.29, 0.717) is 22.9 Å². The van der Waals surface area contributed by atoms with Crippen molar-refractivity contribution in [3.05, 3.63) is 100 Å². The zero-order valence-corrected chi connectivity index (χ0v) is 18.9. The Kier molecular flexibility index (Phi) is 6.94. The molecule has 3 aromatic carbocycles. The molecule has 4 rings (SSSR count). The van der Waals surface area contributed by atoms with Gasteiger partial charge in [0.25, 0.3) is 5.91 Å². The van der Waals surface area contributed by atoms with Crippen LogP contribution >= 0.6 is 11.6 Å². The summed E-state index contributed by atoms with van der Waals surface area (Å²) in [7, 11) is 1.59. The lowest BCUT2D eigenvalue weighted by Gasteiger charge is -2.19. The van der Waals surface area contributed by atoms with Gasteiger partial charge >= 0.3 is 0 Å². The first-order chi connectivity index (χ1) is 16.0. The van der Waals surface area contributed by atoms with Crippen molar-refractivity contribution in [2.24, 2.45) is 5.92 Å². The fourth-order valence-electron chi connectivity index (χ4n) is 4.17. The van der Waals surface area contributed by atoms with Crippen molar-refractivity contribution < 1.29 is 18.7 Å². The minimum atomic E-state index is -0.455. The summed E-state index contributed by atoms with van der Waals surface area (Å²) in [4.78, 5) is 28.1. The quantitative estimate of drug-likeness (QED) is 0.574. The van der Waals surface area contributed by atoms with Crippen LogP contribution in [0.25, 0.3) is 0 Å². The molecule has 2 amide bonds. The number of amides is 2. The molecule has 0 radical (unpaired) electrons. The Morgan fingerprint density at radius 1 is 1.06 bits per heavy atom. The molecule has 5 nitrogen and oxygen atoms in total. The maximum absolute atomic E-state index is 13.2. The van der Waals surface area contributed by atoms with Gasteiger partial charge in [0.1, 0.15) is 11.6 Å². The van der Waals surface area contributed by atoms with Crippen molar-refractivity contribution in [1.29, 1.82) is 0 Å². The first kappa shape index (κ1) is 22.8. The van der Waals surface area contributed by atoms with Crippen LogP contribution in [0.15, 0.2) is 72.8 Å². The van der Waals surface area contributed by atoms with Gasteiger partial charge in [-0.1, -0.05) is 48.0 Å². The highest BCUT2D eigenvalue weighted by Gasteiger charge is 2.41. The molecule has 1 aliphatic heterocycles. The van der Waals surface area contributed by atoms with Crippen LogP contribution in [0.4, 0.5) is 4.39 Å². The van der Waals surface area contributed by atoms with E-state index in [-0.39, 0.29) is 36.6 Å². The third-order valence-electron chi connectivity index (χ3n) is 5.95. The molecule has 7 heteroatoms. The SMILES string of the molecule is COc1cccc(C2CN(C(=O)c3ccccc3Cl)CC2C(=O)NCc2ccc(F)cc2)c1. The van der Waals surface area contributed by atoms with Crippen molar-refractivity contribution in [3.8, 4) is 5.75 Å². The molecular formula is C26H24ClFN2O3. The van der Waals surface area contributed by atoms with Gasteiger partial charge in [-0.25, -0.2) is 4.39 Å². The number of methoxy groups -OCH3 is 1. The molecule has 1 fully saturated rings.